The maximum Gasteiger partial charge on any atom is 0.303 e. The Morgan fingerprint density at radius 3 is 2.65 bits per heavy atom. The van der Waals surface area contributed by atoms with Gasteiger partial charge in [-0.2, -0.15) is 0 Å². The first-order valence-electron chi connectivity index (χ1n) is 9.05. The predicted molar refractivity (Wildman–Crippen MR) is 92.1 cm³/mol. The molecule has 3 heteroatoms. The number of carboxylic acid groups (broad SMARTS) is 1. The fourth-order valence-corrected chi connectivity index (χ4v) is 5.22. The van der Waals surface area contributed by atoms with Gasteiger partial charge in [0.15, 0.2) is 5.78 Å². The Labute approximate surface area is 140 Å². The summed E-state index contributed by atoms with van der Waals surface area (Å²) in [7, 11) is 0. The molecule has 0 aliphatic heterocycles. The molecule has 23 heavy (non-hydrogen) atoms. The molecule has 0 bridgehead atoms. The molecular weight excluding hydrogens is 288 g/mol. The van der Waals surface area contributed by atoms with Crippen molar-refractivity contribution in [2.75, 3.05) is 0 Å². The number of fused-ring (bicyclic) bond motifs is 1. The average molecular weight is 320 g/mol. The molecule has 1 N–H and O–H groups in total. The van der Waals surface area contributed by atoms with E-state index in [4.69, 9.17) is 5.11 Å². The highest BCUT2D eigenvalue weighted by Crippen LogP contribution is 2.62. The number of hydrogen-bond donors (Lipinski definition) is 1. The summed E-state index contributed by atoms with van der Waals surface area (Å²) in [4.78, 5) is 23.1. The van der Waals surface area contributed by atoms with Gasteiger partial charge in [-0.1, -0.05) is 34.3 Å². The molecular formula is C20H32O3. The van der Waals surface area contributed by atoms with E-state index < -0.39 is 5.97 Å². The standard InChI is InChI=1S/C20H32O3/c1-13(12-18(22)23)8-10-19(4)14(2)9-11-20(5)15(3)16(21)6-7-17(19)20/h13-14,17H,3,6-12H2,1-2,4-5H3,(H,22,23)/t13?,14-,17-,19+,20-/m1/s1. The third-order valence-corrected chi connectivity index (χ3v) is 7.17. The Balaban J connectivity index is 2.19. The monoisotopic (exact) mass is 320 g/mol. The number of allylic oxidation sites excluding steroid dienone is 1. The van der Waals surface area contributed by atoms with Crippen molar-refractivity contribution >= 4 is 11.8 Å². The number of carbonyl (C=O) groups is 2. The molecule has 0 radical (unpaired) electrons. The maximum absolute atomic E-state index is 12.2. The molecule has 2 fully saturated rings. The lowest BCUT2D eigenvalue weighted by molar-refractivity contribution is -0.138. The first-order valence-corrected chi connectivity index (χ1v) is 9.05. The van der Waals surface area contributed by atoms with Crippen LogP contribution in [-0.4, -0.2) is 16.9 Å². The van der Waals surface area contributed by atoms with Gasteiger partial charge in [0.25, 0.3) is 0 Å². The summed E-state index contributed by atoms with van der Waals surface area (Å²) in [6.45, 7) is 13.1. The van der Waals surface area contributed by atoms with Gasteiger partial charge in [-0.15, -0.1) is 0 Å². The first kappa shape index (κ1) is 18.2. The largest absolute Gasteiger partial charge is 0.481 e. The Morgan fingerprint density at radius 1 is 1.39 bits per heavy atom. The average Bonchev–Trinajstić information content (AvgIpc) is 2.46. The number of carbonyl (C=O) groups excluding carboxylic acids is 1. The van der Waals surface area contributed by atoms with Gasteiger partial charge < -0.3 is 5.11 Å². The van der Waals surface area contributed by atoms with Gasteiger partial charge in [-0.25, -0.2) is 0 Å². The molecule has 0 amide bonds. The Bertz CT molecular complexity index is 509. The quantitative estimate of drug-likeness (QED) is 0.736. The predicted octanol–water partition coefficient (Wildman–Crippen LogP) is 4.86. The second-order valence-electron chi connectivity index (χ2n) is 8.60. The van der Waals surface area contributed by atoms with Crippen LogP contribution in [0.25, 0.3) is 0 Å². The summed E-state index contributed by atoms with van der Waals surface area (Å²) in [5.41, 5.74) is 0.946. The van der Waals surface area contributed by atoms with Gasteiger partial charge in [-0.3, -0.25) is 9.59 Å². The third-order valence-electron chi connectivity index (χ3n) is 7.17. The summed E-state index contributed by atoms with van der Waals surface area (Å²) < 4.78 is 0. The molecule has 0 saturated heterocycles. The van der Waals surface area contributed by atoms with E-state index in [1.807, 2.05) is 6.92 Å². The van der Waals surface area contributed by atoms with Crippen LogP contribution in [0.5, 0.6) is 0 Å². The molecule has 130 valence electrons. The number of ketones is 1. The van der Waals surface area contributed by atoms with Crippen LogP contribution >= 0.6 is 0 Å². The third kappa shape index (κ3) is 3.25. The zero-order valence-electron chi connectivity index (χ0n) is 15.2. The molecule has 5 atom stereocenters. The van der Waals surface area contributed by atoms with E-state index in [1.54, 1.807) is 0 Å². The van der Waals surface area contributed by atoms with E-state index in [-0.39, 0.29) is 29.0 Å². The van der Waals surface area contributed by atoms with Crippen LogP contribution in [0.2, 0.25) is 0 Å². The SMILES string of the molecule is C=C1C(=O)CC[C@@H]2[C@@](C)(CCC(C)CC(=O)O)[C@H](C)CC[C@]12C. The molecule has 2 saturated carbocycles. The molecule has 3 nitrogen and oxygen atoms in total. The lowest BCUT2D eigenvalue weighted by Gasteiger charge is -2.58. The first-order chi connectivity index (χ1) is 10.6. The molecule has 0 aromatic rings. The van der Waals surface area contributed by atoms with Crippen molar-refractivity contribution in [2.45, 2.75) is 72.6 Å². The van der Waals surface area contributed by atoms with Crippen LogP contribution in [0, 0.1) is 28.6 Å². The molecule has 0 heterocycles. The Morgan fingerprint density at radius 2 is 2.04 bits per heavy atom. The van der Waals surface area contributed by atoms with E-state index in [1.165, 1.54) is 0 Å². The lowest BCUT2D eigenvalue weighted by atomic mass is 9.46. The number of carboxylic acids is 1. The van der Waals surface area contributed by atoms with Crippen LogP contribution in [0.15, 0.2) is 12.2 Å². The van der Waals surface area contributed by atoms with Gasteiger partial charge >= 0.3 is 5.97 Å². The summed E-state index contributed by atoms with van der Waals surface area (Å²) in [6, 6.07) is 0. The molecule has 1 unspecified atom stereocenters. The second-order valence-corrected chi connectivity index (χ2v) is 8.60. The minimum atomic E-state index is -0.708. The van der Waals surface area contributed by atoms with Crippen molar-refractivity contribution in [3.05, 3.63) is 12.2 Å². The van der Waals surface area contributed by atoms with Gasteiger partial charge in [0.05, 0.1) is 0 Å². The van der Waals surface area contributed by atoms with Crippen molar-refractivity contribution in [3.8, 4) is 0 Å². The highest BCUT2D eigenvalue weighted by atomic mass is 16.4. The molecule has 2 aliphatic rings. The molecule has 2 rings (SSSR count). The minimum Gasteiger partial charge on any atom is -0.481 e. The highest BCUT2D eigenvalue weighted by molar-refractivity contribution is 5.97. The van der Waals surface area contributed by atoms with Crippen molar-refractivity contribution in [3.63, 3.8) is 0 Å². The van der Waals surface area contributed by atoms with Gasteiger partial charge in [-0.05, 0) is 66.3 Å². The van der Waals surface area contributed by atoms with E-state index in [0.29, 0.717) is 18.3 Å². The number of Topliss-reactive ketones (excluding diaryl/α,β-unsaturated/α-hetero) is 1. The summed E-state index contributed by atoms with van der Waals surface area (Å²) in [5, 5.41) is 8.98. The molecule has 0 aromatic carbocycles. The molecule has 0 spiro atoms. The van der Waals surface area contributed by atoms with Crippen LogP contribution < -0.4 is 0 Å². The summed E-state index contributed by atoms with van der Waals surface area (Å²) in [6.07, 6.45) is 6.02. The minimum absolute atomic E-state index is 0.0629. The molecule has 2 aliphatic carbocycles. The van der Waals surface area contributed by atoms with Gasteiger partial charge in [0, 0.05) is 12.8 Å². The van der Waals surface area contributed by atoms with Crippen molar-refractivity contribution in [2.24, 2.45) is 28.6 Å². The zero-order chi connectivity index (χ0) is 17.4. The van der Waals surface area contributed by atoms with E-state index in [9.17, 15) is 9.59 Å². The smallest absolute Gasteiger partial charge is 0.303 e. The second kappa shape index (κ2) is 6.41. The van der Waals surface area contributed by atoms with Gasteiger partial charge in [0.1, 0.15) is 0 Å². The van der Waals surface area contributed by atoms with Crippen LogP contribution in [-0.2, 0) is 9.59 Å². The fourth-order valence-electron chi connectivity index (χ4n) is 5.22. The normalized spacial score (nSPS) is 39.0. The number of hydrogen-bond acceptors (Lipinski definition) is 2. The van der Waals surface area contributed by atoms with Crippen molar-refractivity contribution in [1.29, 1.82) is 0 Å². The number of rotatable bonds is 5. The van der Waals surface area contributed by atoms with Crippen LogP contribution in [0.3, 0.4) is 0 Å². The maximum atomic E-state index is 12.2. The molecule has 0 aromatic heterocycles. The lowest BCUT2D eigenvalue weighted by Crippen LogP contribution is -2.52. The van der Waals surface area contributed by atoms with E-state index in [2.05, 4.69) is 27.4 Å². The van der Waals surface area contributed by atoms with Gasteiger partial charge in [0.2, 0.25) is 0 Å². The summed E-state index contributed by atoms with van der Waals surface area (Å²) in [5.74, 6) is 0.846. The van der Waals surface area contributed by atoms with Crippen molar-refractivity contribution < 1.29 is 14.7 Å². The fraction of sp³-hybridized carbons (Fsp3) is 0.800. The highest BCUT2D eigenvalue weighted by Gasteiger charge is 2.55. The van der Waals surface area contributed by atoms with Crippen LogP contribution in [0.1, 0.15) is 72.6 Å². The Kier molecular flexibility index (Phi) is 5.08. The summed E-state index contributed by atoms with van der Waals surface area (Å²) >= 11 is 0. The number of aliphatic carboxylic acids is 1. The van der Waals surface area contributed by atoms with Crippen molar-refractivity contribution in [1.82, 2.24) is 0 Å². The van der Waals surface area contributed by atoms with E-state index >= 15 is 0 Å². The topological polar surface area (TPSA) is 54.4 Å². The van der Waals surface area contributed by atoms with Crippen LogP contribution in [0.4, 0.5) is 0 Å². The Hall–Kier alpha value is -1.12. The zero-order valence-corrected chi connectivity index (χ0v) is 15.2. The van der Waals surface area contributed by atoms with E-state index in [0.717, 1.165) is 37.7 Å².